The Morgan fingerprint density at radius 2 is 1.62 bits per heavy atom. The Balaban J connectivity index is 3.13. The molecular weight excluding hydrogens is 162 g/mol. The number of nitrogens with zero attached hydrogens (tertiary/aromatic N) is 2. The molecule has 1 aromatic rings. The molecular formula is C10H17N3. The molecule has 0 fully saturated rings. The topological polar surface area (TPSA) is 51.8 Å². The maximum Gasteiger partial charge on any atom is 0.132 e. The van der Waals surface area contributed by atoms with E-state index in [4.69, 9.17) is 5.73 Å². The normalized spacial score (nSPS) is 13.0. The molecule has 13 heavy (non-hydrogen) atoms. The van der Waals surface area contributed by atoms with E-state index < -0.39 is 0 Å². The molecule has 1 heterocycles. The van der Waals surface area contributed by atoms with Gasteiger partial charge in [-0.3, -0.25) is 0 Å². The molecule has 0 radical (unpaired) electrons. The van der Waals surface area contributed by atoms with Crippen molar-refractivity contribution in [2.24, 2.45) is 5.73 Å². The molecule has 0 saturated carbocycles. The maximum atomic E-state index is 5.56. The average molecular weight is 179 g/mol. The monoisotopic (exact) mass is 179 g/mol. The van der Waals surface area contributed by atoms with Crippen LogP contribution >= 0.6 is 0 Å². The van der Waals surface area contributed by atoms with Crippen LogP contribution in [0.25, 0.3) is 0 Å². The molecule has 0 amide bonds. The Kier molecular flexibility index (Phi) is 2.98. The lowest BCUT2D eigenvalue weighted by Crippen LogP contribution is -2.14. The summed E-state index contributed by atoms with van der Waals surface area (Å²) in [6, 6.07) is 0. The summed E-state index contributed by atoms with van der Waals surface area (Å²) >= 11 is 0. The van der Waals surface area contributed by atoms with Gasteiger partial charge in [0, 0.05) is 23.9 Å². The molecule has 0 aromatic carbocycles. The summed E-state index contributed by atoms with van der Waals surface area (Å²) in [5, 5.41) is 0. The van der Waals surface area contributed by atoms with Gasteiger partial charge in [0.15, 0.2) is 0 Å². The van der Waals surface area contributed by atoms with Gasteiger partial charge in [-0.05, 0) is 26.3 Å². The molecule has 1 aromatic heterocycles. The number of nitrogens with two attached hydrogens (primary N) is 1. The molecule has 0 bridgehead atoms. The highest BCUT2D eigenvalue weighted by Gasteiger charge is 2.09. The summed E-state index contributed by atoms with van der Waals surface area (Å²) in [6.07, 6.45) is 0. The van der Waals surface area contributed by atoms with E-state index >= 15 is 0 Å². The van der Waals surface area contributed by atoms with Crippen molar-refractivity contribution in [1.82, 2.24) is 9.97 Å². The van der Waals surface area contributed by atoms with Crippen LogP contribution in [-0.2, 0) is 0 Å². The Labute approximate surface area is 79.4 Å². The van der Waals surface area contributed by atoms with Crippen LogP contribution in [0.15, 0.2) is 0 Å². The highest BCUT2D eigenvalue weighted by molar-refractivity contribution is 5.23. The quantitative estimate of drug-likeness (QED) is 0.747. The van der Waals surface area contributed by atoms with E-state index in [9.17, 15) is 0 Å². The number of hydrogen-bond acceptors (Lipinski definition) is 3. The van der Waals surface area contributed by atoms with Gasteiger partial charge in [0.05, 0.1) is 0 Å². The lowest BCUT2D eigenvalue weighted by atomic mass is 10.1. The zero-order chi connectivity index (χ0) is 10.0. The third kappa shape index (κ3) is 2.04. The molecule has 1 atom stereocenters. The number of aromatic nitrogens is 2. The van der Waals surface area contributed by atoms with Crippen LogP contribution in [0.4, 0.5) is 0 Å². The van der Waals surface area contributed by atoms with Crippen molar-refractivity contribution in [2.45, 2.75) is 33.6 Å². The highest BCUT2D eigenvalue weighted by Crippen LogP contribution is 2.13. The molecule has 0 aliphatic rings. The SMILES string of the molecule is Cc1nc(C(C)CN)nc(C)c1C. The van der Waals surface area contributed by atoms with Gasteiger partial charge in [-0.15, -0.1) is 0 Å². The second-order valence-electron chi connectivity index (χ2n) is 3.51. The Morgan fingerprint density at radius 1 is 1.15 bits per heavy atom. The van der Waals surface area contributed by atoms with Crippen LogP contribution in [-0.4, -0.2) is 16.5 Å². The first-order chi connectivity index (χ1) is 6.06. The third-order valence-corrected chi connectivity index (χ3v) is 2.44. The fourth-order valence-electron chi connectivity index (χ4n) is 1.12. The van der Waals surface area contributed by atoms with E-state index in [0.717, 1.165) is 17.2 Å². The number of hydrogen-bond donors (Lipinski definition) is 1. The molecule has 0 spiro atoms. The van der Waals surface area contributed by atoms with Gasteiger partial charge in [0.25, 0.3) is 0 Å². The van der Waals surface area contributed by atoms with Gasteiger partial charge >= 0.3 is 0 Å². The Morgan fingerprint density at radius 3 is 2.00 bits per heavy atom. The van der Waals surface area contributed by atoms with Gasteiger partial charge in [0.2, 0.25) is 0 Å². The van der Waals surface area contributed by atoms with Crippen LogP contribution in [0.2, 0.25) is 0 Å². The van der Waals surface area contributed by atoms with Crippen LogP contribution < -0.4 is 5.73 Å². The fourth-order valence-corrected chi connectivity index (χ4v) is 1.12. The van der Waals surface area contributed by atoms with Crippen molar-refractivity contribution in [3.8, 4) is 0 Å². The van der Waals surface area contributed by atoms with Crippen LogP contribution in [0.3, 0.4) is 0 Å². The van der Waals surface area contributed by atoms with E-state index in [1.807, 2.05) is 27.7 Å². The summed E-state index contributed by atoms with van der Waals surface area (Å²) in [4.78, 5) is 8.83. The Bertz CT molecular complexity index is 284. The summed E-state index contributed by atoms with van der Waals surface area (Å²) in [5.41, 5.74) is 8.85. The predicted octanol–water partition coefficient (Wildman–Crippen LogP) is 1.46. The molecule has 3 heteroatoms. The average Bonchev–Trinajstić information content (AvgIpc) is 2.12. The minimum Gasteiger partial charge on any atom is -0.330 e. The van der Waals surface area contributed by atoms with Crippen LogP contribution in [0.5, 0.6) is 0 Å². The fraction of sp³-hybridized carbons (Fsp3) is 0.600. The standard InChI is InChI=1S/C10H17N3/c1-6(5-11)10-12-8(3)7(2)9(4)13-10/h6H,5,11H2,1-4H3. The van der Waals surface area contributed by atoms with Crippen molar-refractivity contribution in [3.63, 3.8) is 0 Å². The van der Waals surface area contributed by atoms with Gasteiger partial charge < -0.3 is 5.73 Å². The summed E-state index contributed by atoms with van der Waals surface area (Å²) in [7, 11) is 0. The lowest BCUT2D eigenvalue weighted by Gasteiger charge is -2.10. The molecule has 0 aliphatic heterocycles. The van der Waals surface area contributed by atoms with E-state index in [1.165, 1.54) is 5.56 Å². The predicted molar refractivity (Wildman–Crippen MR) is 53.7 cm³/mol. The summed E-state index contributed by atoms with van der Waals surface area (Å²) in [6.45, 7) is 8.71. The third-order valence-electron chi connectivity index (χ3n) is 2.44. The van der Waals surface area contributed by atoms with Crippen LogP contribution in [0.1, 0.15) is 35.6 Å². The van der Waals surface area contributed by atoms with Crippen molar-refractivity contribution in [1.29, 1.82) is 0 Å². The van der Waals surface area contributed by atoms with E-state index in [0.29, 0.717) is 6.54 Å². The minimum absolute atomic E-state index is 0.248. The second-order valence-corrected chi connectivity index (χ2v) is 3.51. The van der Waals surface area contributed by atoms with Crippen LogP contribution in [0, 0.1) is 20.8 Å². The van der Waals surface area contributed by atoms with Crippen molar-refractivity contribution in [2.75, 3.05) is 6.54 Å². The number of aryl methyl sites for hydroxylation is 2. The van der Waals surface area contributed by atoms with E-state index in [1.54, 1.807) is 0 Å². The minimum atomic E-state index is 0.248. The first kappa shape index (κ1) is 10.1. The van der Waals surface area contributed by atoms with Crippen molar-refractivity contribution < 1.29 is 0 Å². The molecule has 1 rings (SSSR count). The zero-order valence-corrected chi connectivity index (χ0v) is 8.76. The Hall–Kier alpha value is -0.960. The highest BCUT2D eigenvalue weighted by atomic mass is 14.9. The van der Waals surface area contributed by atoms with Gasteiger partial charge in [-0.2, -0.15) is 0 Å². The molecule has 1 unspecified atom stereocenters. The van der Waals surface area contributed by atoms with Crippen molar-refractivity contribution >= 4 is 0 Å². The zero-order valence-electron chi connectivity index (χ0n) is 8.76. The largest absolute Gasteiger partial charge is 0.330 e. The smallest absolute Gasteiger partial charge is 0.132 e. The van der Waals surface area contributed by atoms with Crippen molar-refractivity contribution in [3.05, 3.63) is 22.8 Å². The van der Waals surface area contributed by atoms with Gasteiger partial charge in [-0.25, -0.2) is 9.97 Å². The van der Waals surface area contributed by atoms with E-state index in [-0.39, 0.29) is 5.92 Å². The van der Waals surface area contributed by atoms with E-state index in [2.05, 4.69) is 9.97 Å². The maximum absolute atomic E-state index is 5.56. The second kappa shape index (κ2) is 3.83. The van der Waals surface area contributed by atoms with Gasteiger partial charge in [-0.1, -0.05) is 6.92 Å². The summed E-state index contributed by atoms with van der Waals surface area (Å²) < 4.78 is 0. The first-order valence-electron chi connectivity index (χ1n) is 4.58. The molecule has 3 nitrogen and oxygen atoms in total. The molecule has 0 saturated heterocycles. The number of rotatable bonds is 2. The summed E-state index contributed by atoms with van der Waals surface area (Å²) in [5.74, 6) is 1.11. The lowest BCUT2D eigenvalue weighted by molar-refractivity contribution is 0.699. The molecule has 72 valence electrons. The molecule has 2 N–H and O–H groups in total. The molecule has 0 aliphatic carbocycles. The van der Waals surface area contributed by atoms with Gasteiger partial charge in [0.1, 0.15) is 5.82 Å². The first-order valence-corrected chi connectivity index (χ1v) is 4.58.